The largest absolute Gasteiger partial charge is 0.399 e. The minimum Gasteiger partial charge on any atom is -0.399 e. The third-order valence-electron chi connectivity index (χ3n) is 5.65. The van der Waals surface area contributed by atoms with E-state index in [0.29, 0.717) is 0 Å². The van der Waals surface area contributed by atoms with Crippen LogP contribution in [-0.2, 0) is 12.0 Å². The molecule has 2 heteroatoms. The van der Waals surface area contributed by atoms with E-state index in [1.807, 2.05) is 12.1 Å². The Bertz CT molecular complexity index is 774. The fourth-order valence-electron chi connectivity index (χ4n) is 3.89. The molecule has 0 saturated carbocycles. The van der Waals surface area contributed by atoms with Gasteiger partial charge in [-0.05, 0) is 48.6 Å². The number of aryl methyl sites for hydroxylation is 1. The van der Waals surface area contributed by atoms with E-state index < -0.39 is 0 Å². The minimum atomic E-state index is -0.247. The van der Waals surface area contributed by atoms with Gasteiger partial charge in [0.15, 0.2) is 0 Å². The van der Waals surface area contributed by atoms with E-state index in [1.165, 1.54) is 56.1 Å². The number of benzene rings is 2. The molecule has 2 nitrogen and oxygen atoms in total. The Labute approximate surface area is 170 Å². The summed E-state index contributed by atoms with van der Waals surface area (Å²) >= 11 is 0. The summed E-state index contributed by atoms with van der Waals surface area (Å²) in [6.07, 6.45) is 16.4. The number of rotatable bonds is 10. The van der Waals surface area contributed by atoms with Gasteiger partial charge in [-0.15, -0.1) is 0 Å². The lowest BCUT2D eigenvalue weighted by Gasteiger charge is -2.35. The third kappa shape index (κ3) is 5.51. The Morgan fingerprint density at radius 2 is 1.61 bits per heavy atom. The Morgan fingerprint density at radius 3 is 2.29 bits per heavy atom. The molecule has 28 heavy (non-hydrogen) atoms. The zero-order valence-electron chi connectivity index (χ0n) is 17.2. The second-order valence-corrected chi connectivity index (χ2v) is 7.92. The first-order chi connectivity index (χ1) is 13.7. The van der Waals surface area contributed by atoms with Crippen molar-refractivity contribution in [3.05, 3.63) is 89.6 Å². The van der Waals surface area contributed by atoms with Crippen LogP contribution in [0.15, 0.2) is 78.5 Å². The number of para-hydroxylation sites is 1. The monoisotopic (exact) mass is 374 g/mol. The molecule has 1 aliphatic rings. The molecule has 2 aromatic carbocycles. The molecule has 0 aromatic heterocycles. The molecule has 0 spiro atoms. The van der Waals surface area contributed by atoms with Crippen molar-refractivity contribution < 1.29 is 0 Å². The lowest BCUT2D eigenvalue weighted by atomic mass is 9.82. The molecule has 0 aliphatic heterocycles. The van der Waals surface area contributed by atoms with Gasteiger partial charge in [-0.3, -0.25) is 0 Å². The van der Waals surface area contributed by atoms with Crippen LogP contribution in [0.2, 0.25) is 0 Å². The normalized spacial score (nSPS) is 18.7. The Kier molecular flexibility index (Phi) is 7.36. The summed E-state index contributed by atoms with van der Waals surface area (Å²) in [4.78, 5) is 0. The molecule has 1 atom stereocenters. The highest BCUT2D eigenvalue weighted by molar-refractivity contribution is 5.52. The number of nitrogens with two attached hydrogens (primary N) is 1. The third-order valence-corrected chi connectivity index (χ3v) is 5.65. The van der Waals surface area contributed by atoms with Gasteiger partial charge in [-0.1, -0.05) is 93.6 Å². The molecule has 0 amide bonds. The van der Waals surface area contributed by atoms with Gasteiger partial charge in [-0.25, -0.2) is 0 Å². The van der Waals surface area contributed by atoms with E-state index in [4.69, 9.17) is 5.73 Å². The Morgan fingerprint density at radius 1 is 0.893 bits per heavy atom. The first-order valence-corrected chi connectivity index (χ1v) is 10.8. The lowest BCUT2D eigenvalue weighted by molar-refractivity contribution is 0.605. The predicted octanol–water partition coefficient (Wildman–Crippen LogP) is 6.70. The van der Waals surface area contributed by atoms with Crippen molar-refractivity contribution in [2.45, 2.75) is 63.8 Å². The molecule has 1 unspecified atom stereocenters. The van der Waals surface area contributed by atoms with Gasteiger partial charge in [0.1, 0.15) is 0 Å². The van der Waals surface area contributed by atoms with Crippen LogP contribution in [-0.4, -0.2) is 0 Å². The molecule has 0 fully saturated rings. The number of hydrogen-bond donors (Lipinski definition) is 2. The van der Waals surface area contributed by atoms with Crippen molar-refractivity contribution in [1.82, 2.24) is 0 Å². The standard InChI is InChI=1S/C26H34N2/c1-2-3-4-5-6-8-11-22-14-16-23(17-15-22)26(20-18-24(27)19-21-26)28-25-12-9-7-10-13-25/h7,9-10,12-20,28H,2-6,8,11,21,27H2,1H3. The molecular weight excluding hydrogens is 340 g/mol. The summed E-state index contributed by atoms with van der Waals surface area (Å²) in [6, 6.07) is 19.6. The fraction of sp³-hybridized carbons (Fsp3) is 0.385. The predicted molar refractivity (Wildman–Crippen MR) is 121 cm³/mol. The summed E-state index contributed by atoms with van der Waals surface area (Å²) in [6.45, 7) is 2.27. The maximum absolute atomic E-state index is 6.00. The molecule has 1 aliphatic carbocycles. The van der Waals surface area contributed by atoms with Crippen LogP contribution in [0, 0.1) is 0 Å². The summed E-state index contributed by atoms with van der Waals surface area (Å²) in [7, 11) is 0. The average molecular weight is 375 g/mol. The smallest absolute Gasteiger partial charge is 0.0848 e. The van der Waals surface area contributed by atoms with E-state index in [1.54, 1.807) is 0 Å². The Hall–Kier alpha value is -2.48. The zero-order chi connectivity index (χ0) is 19.7. The van der Waals surface area contributed by atoms with Crippen molar-refractivity contribution in [3.63, 3.8) is 0 Å². The quantitative estimate of drug-likeness (QED) is 0.454. The van der Waals surface area contributed by atoms with Gasteiger partial charge in [0.25, 0.3) is 0 Å². The number of nitrogens with one attached hydrogen (secondary N) is 1. The molecule has 148 valence electrons. The van der Waals surface area contributed by atoms with Crippen LogP contribution >= 0.6 is 0 Å². The van der Waals surface area contributed by atoms with Crippen molar-refractivity contribution in [2.24, 2.45) is 5.73 Å². The minimum absolute atomic E-state index is 0.247. The average Bonchev–Trinajstić information content (AvgIpc) is 2.74. The van der Waals surface area contributed by atoms with Gasteiger partial charge in [-0.2, -0.15) is 0 Å². The van der Waals surface area contributed by atoms with Crippen LogP contribution in [0.5, 0.6) is 0 Å². The second kappa shape index (κ2) is 10.2. The van der Waals surface area contributed by atoms with Crippen LogP contribution in [0.1, 0.15) is 63.0 Å². The first-order valence-electron chi connectivity index (χ1n) is 10.8. The molecule has 3 rings (SSSR count). The van der Waals surface area contributed by atoms with Crippen LogP contribution < -0.4 is 11.1 Å². The van der Waals surface area contributed by atoms with Crippen molar-refractivity contribution in [3.8, 4) is 0 Å². The highest BCUT2D eigenvalue weighted by atomic mass is 15.0. The van der Waals surface area contributed by atoms with Gasteiger partial charge in [0, 0.05) is 11.4 Å². The van der Waals surface area contributed by atoms with Gasteiger partial charge in [0.05, 0.1) is 5.54 Å². The van der Waals surface area contributed by atoms with Crippen molar-refractivity contribution in [1.29, 1.82) is 0 Å². The Balaban J connectivity index is 1.67. The lowest BCUT2D eigenvalue weighted by Crippen LogP contribution is -2.34. The van der Waals surface area contributed by atoms with Gasteiger partial charge >= 0.3 is 0 Å². The molecule has 0 heterocycles. The molecule has 0 radical (unpaired) electrons. The molecule has 0 saturated heterocycles. The van der Waals surface area contributed by atoms with Gasteiger partial charge in [0.2, 0.25) is 0 Å². The van der Waals surface area contributed by atoms with Crippen molar-refractivity contribution >= 4 is 5.69 Å². The van der Waals surface area contributed by atoms with Crippen LogP contribution in [0.25, 0.3) is 0 Å². The zero-order valence-corrected chi connectivity index (χ0v) is 17.2. The number of anilines is 1. The molecular formula is C26H34N2. The fourth-order valence-corrected chi connectivity index (χ4v) is 3.89. The summed E-state index contributed by atoms with van der Waals surface area (Å²) < 4.78 is 0. The SMILES string of the molecule is CCCCCCCCc1ccc(C2(Nc3ccccc3)C=CC(N)=CC2)cc1. The van der Waals surface area contributed by atoms with Gasteiger partial charge < -0.3 is 11.1 Å². The highest BCUT2D eigenvalue weighted by Gasteiger charge is 2.30. The van der Waals surface area contributed by atoms with Crippen LogP contribution in [0.4, 0.5) is 5.69 Å². The van der Waals surface area contributed by atoms with Crippen LogP contribution in [0.3, 0.4) is 0 Å². The first kappa shape index (κ1) is 20.3. The van der Waals surface area contributed by atoms with E-state index in [2.05, 4.69) is 72.9 Å². The summed E-state index contributed by atoms with van der Waals surface area (Å²) in [5.74, 6) is 0. The summed E-state index contributed by atoms with van der Waals surface area (Å²) in [5, 5.41) is 3.74. The maximum atomic E-state index is 6.00. The van der Waals surface area contributed by atoms with E-state index in [9.17, 15) is 0 Å². The summed E-state index contributed by atoms with van der Waals surface area (Å²) in [5.41, 5.74) is 10.4. The van der Waals surface area contributed by atoms with E-state index in [-0.39, 0.29) is 5.54 Å². The number of allylic oxidation sites excluding steroid dienone is 1. The second-order valence-electron chi connectivity index (χ2n) is 7.92. The molecule has 2 aromatic rings. The van der Waals surface area contributed by atoms with E-state index in [0.717, 1.165) is 17.8 Å². The van der Waals surface area contributed by atoms with E-state index >= 15 is 0 Å². The highest BCUT2D eigenvalue weighted by Crippen LogP contribution is 2.35. The molecule has 0 bridgehead atoms. The topological polar surface area (TPSA) is 38.0 Å². The number of hydrogen-bond acceptors (Lipinski definition) is 2. The maximum Gasteiger partial charge on any atom is 0.0848 e. The molecule has 3 N–H and O–H groups in total. The number of unbranched alkanes of at least 4 members (excludes halogenated alkanes) is 5. The van der Waals surface area contributed by atoms with Crippen molar-refractivity contribution in [2.75, 3.05) is 5.32 Å².